The molecule has 92 valence electrons. The number of hydrogen-bond acceptors (Lipinski definition) is 2. The molecule has 2 heteroatoms. The first kappa shape index (κ1) is 11.9. The Morgan fingerprint density at radius 2 is 1.88 bits per heavy atom. The quantitative estimate of drug-likeness (QED) is 0.683. The van der Waals surface area contributed by atoms with E-state index in [1.807, 2.05) is 0 Å². The van der Waals surface area contributed by atoms with Gasteiger partial charge in [-0.05, 0) is 49.9 Å². The van der Waals surface area contributed by atoms with Crippen LogP contribution < -0.4 is 0 Å². The van der Waals surface area contributed by atoms with Gasteiger partial charge >= 0.3 is 5.97 Å². The fourth-order valence-electron chi connectivity index (χ4n) is 3.76. The number of rotatable bonds is 4. The Morgan fingerprint density at radius 3 is 2.38 bits per heavy atom. The van der Waals surface area contributed by atoms with Crippen molar-refractivity contribution in [3.63, 3.8) is 0 Å². The molecule has 0 radical (unpaired) electrons. The molecule has 2 nitrogen and oxygen atoms in total. The molecule has 0 amide bonds. The molecule has 0 aromatic heterocycles. The number of ether oxygens (including phenoxy) is 1. The van der Waals surface area contributed by atoms with Crippen molar-refractivity contribution < 1.29 is 9.53 Å². The topological polar surface area (TPSA) is 26.3 Å². The molecule has 0 atom stereocenters. The van der Waals surface area contributed by atoms with Crippen molar-refractivity contribution in [2.75, 3.05) is 7.11 Å². The molecule has 2 rings (SSSR count). The molecule has 2 bridgehead atoms. The third-order valence-corrected chi connectivity index (χ3v) is 4.85. The van der Waals surface area contributed by atoms with Gasteiger partial charge in [-0.3, -0.25) is 4.79 Å². The Morgan fingerprint density at radius 1 is 1.25 bits per heavy atom. The average molecular weight is 224 g/mol. The van der Waals surface area contributed by atoms with Crippen molar-refractivity contribution in [1.29, 1.82) is 0 Å². The van der Waals surface area contributed by atoms with Crippen LogP contribution in [0.3, 0.4) is 0 Å². The van der Waals surface area contributed by atoms with E-state index in [1.165, 1.54) is 32.8 Å². The smallest absolute Gasteiger partial charge is 0.311 e. The molecular weight excluding hydrogens is 200 g/mol. The molecule has 0 aromatic carbocycles. The zero-order chi connectivity index (χ0) is 11.8. The van der Waals surface area contributed by atoms with Gasteiger partial charge in [0.1, 0.15) is 0 Å². The van der Waals surface area contributed by atoms with E-state index in [-0.39, 0.29) is 11.4 Å². The Labute approximate surface area is 98.7 Å². The Hall–Kier alpha value is -0.530. The van der Waals surface area contributed by atoms with Crippen LogP contribution in [0.25, 0.3) is 0 Å². The first-order chi connectivity index (χ1) is 7.52. The highest BCUT2D eigenvalue weighted by Gasteiger charge is 2.58. The second-order valence-corrected chi connectivity index (χ2v) is 6.38. The number of carbonyl (C=O) groups excluding carboxylic acids is 1. The second-order valence-electron chi connectivity index (χ2n) is 6.38. The lowest BCUT2D eigenvalue weighted by Crippen LogP contribution is -2.27. The van der Waals surface area contributed by atoms with Crippen molar-refractivity contribution in [2.45, 2.75) is 58.8 Å². The SMILES string of the molecule is COC(=O)C12CCC(CCC(C)C)(CC1)C2. The van der Waals surface area contributed by atoms with Gasteiger partial charge in [-0.15, -0.1) is 0 Å². The molecule has 0 heterocycles. The molecule has 0 spiro atoms. The summed E-state index contributed by atoms with van der Waals surface area (Å²) < 4.78 is 4.99. The van der Waals surface area contributed by atoms with Crippen molar-refractivity contribution in [3.05, 3.63) is 0 Å². The zero-order valence-corrected chi connectivity index (χ0v) is 10.8. The predicted octanol–water partition coefficient (Wildman–Crippen LogP) is 3.55. The number of hydrogen-bond donors (Lipinski definition) is 0. The minimum Gasteiger partial charge on any atom is -0.469 e. The molecular formula is C14H24O2. The average Bonchev–Trinajstić information content (AvgIpc) is 2.83. The van der Waals surface area contributed by atoms with Crippen LogP contribution in [-0.4, -0.2) is 13.1 Å². The van der Waals surface area contributed by atoms with Gasteiger partial charge in [-0.2, -0.15) is 0 Å². The van der Waals surface area contributed by atoms with E-state index in [9.17, 15) is 4.79 Å². The summed E-state index contributed by atoms with van der Waals surface area (Å²) in [6.07, 6.45) is 8.33. The zero-order valence-electron chi connectivity index (χ0n) is 10.8. The maximum atomic E-state index is 11.9. The molecule has 0 saturated heterocycles. The summed E-state index contributed by atoms with van der Waals surface area (Å²) in [7, 11) is 1.53. The van der Waals surface area contributed by atoms with E-state index < -0.39 is 0 Å². The molecule has 0 aliphatic heterocycles. The van der Waals surface area contributed by atoms with Crippen molar-refractivity contribution in [3.8, 4) is 0 Å². The van der Waals surface area contributed by atoms with Gasteiger partial charge in [0, 0.05) is 0 Å². The normalized spacial score (nSPS) is 37.0. The van der Waals surface area contributed by atoms with Crippen molar-refractivity contribution in [2.24, 2.45) is 16.7 Å². The summed E-state index contributed by atoms with van der Waals surface area (Å²) in [5, 5.41) is 0. The fourth-order valence-corrected chi connectivity index (χ4v) is 3.76. The molecule has 0 aromatic rings. The van der Waals surface area contributed by atoms with Crippen LogP contribution in [0, 0.1) is 16.7 Å². The van der Waals surface area contributed by atoms with Crippen LogP contribution >= 0.6 is 0 Å². The van der Waals surface area contributed by atoms with Gasteiger partial charge < -0.3 is 4.74 Å². The maximum absolute atomic E-state index is 11.9. The van der Waals surface area contributed by atoms with E-state index in [1.54, 1.807) is 0 Å². The fraction of sp³-hybridized carbons (Fsp3) is 0.929. The van der Waals surface area contributed by atoms with Gasteiger partial charge in [-0.25, -0.2) is 0 Å². The number of methoxy groups -OCH3 is 1. The highest BCUT2D eigenvalue weighted by molar-refractivity contribution is 5.77. The van der Waals surface area contributed by atoms with Crippen LogP contribution in [0.5, 0.6) is 0 Å². The van der Waals surface area contributed by atoms with E-state index >= 15 is 0 Å². The lowest BCUT2D eigenvalue weighted by atomic mass is 9.78. The monoisotopic (exact) mass is 224 g/mol. The lowest BCUT2D eigenvalue weighted by Gasteiger charge is -2.27. The van der Waals surface area contributed by atoms with E-state index in [0.29, 0.717) is 5.41 Å². The van der Waals surface area contributed by atoms with E-state index in [2.05, 4.69) is 13.8 Å². The summed E-state index contributed by atoms with van der Waals surface area (Å²) >= 11 is 0. The van der Waals surface area contributed by atoms with Crippen LogP contribution in [0.4, 0.5) is 0 Å². The third-order valence-electron chi connectivity index (χ3n) is 4.85. The molecule has 2 saturated carbocycles. The van der Waals surface area contributed by atoms with Crippen LogP contribution in [0.2, 0.25) is 0 Å². The molecule has 2 fully saturated rings. The largest absolute Gasteiger partial charge is 0.469 e. The summed E-state index contributed by atoms with van der Waals surface area (Å²) in [6, 6.07) is 0. The van der Waals surface area contributed by atoms with Crippen LogP contribution in [0.1, 0.15) is 58.8 Å². The van der Waals surface area contributed by atoms with Crippen LogP contribution in [0.15, 0.2) is 0 Å². The lowest BCUT2D eigenvalue weighted by molar-refractivity contribution is -0.152. The van der Waals surface area contributed by atoms with Gasteiger partial charge in [0.05, 0.1) is 12.5 Å². The summed E-state index contributed by atoms with van der Waals surface area (Å²) in [4.78, 5) is 11.9. The molecule has 0 N–H and O–H groups in total. The summed E-state index contributed by atoms with van der Waals surface area (Å²) in [5.41, 5.74) is 0.393. The minimum atomic E-state index is -0.0915. The Kier molecular flexibility index (Phi) is 3.02. The van der Waals surface area contributed by atoms with Gasteiger partial charge in [0.15, 0.2) is 0 Å². The van der Waals surface area contributed by atoms with Gasteiger partial charge in [-0.1, -0.05) is 20.3 Å². The standard InChI is InChI=1S/C14H24O2/c1-11(2)4-5-13-6-8-14(10-13,9-7-13)12(15)16-3/h11H,4-10H2,1-3H3. The second kappa shape index (κ2) is 4.05. The van der Waals surface area contributed by atoms with E-state index in [4.69, 9.17) is 4.74 Å². The molecule has 0 unspecified atom stereocenters. The first-order valence-electron chi connectivity index (χ1n) is 6.60. The van der Waals surface area contributed by atoms with Crippen molar-refractivity contribution in [1.82, 2.24) is 0 Å². The van der Waals surface area contributed by atoms with Gasteiger partial charge in [0.2, 0.25) is 0 Å². The first-order valence-corrected chi connectivity index (χ1v) is 6.60. The van der Waals surface area contributed by atoms with Gasteiger partial charge in [0.25, 0.3) is 0 Å². The molecule has 2 aliphatic carbocycles. The summed E-state index contributed by atoms with van der Waals surface area (Å²) in [5.74, 6) is 0.833. The molecule has 16 heavy (non-hydrogen) atoms. The highest BCUT2D eigenvalue weighted by Crippen LogP contribution is 2.63. The number of fused-ring (bicyclic) bond motifs is 2. The Balaban J connectivity index is 2.00. The highest BCUT2D eigenvalue weighted by atomic mass is 16.5. The number of esters is 1. The third kappa shape index (κ3) is 1.87. The van der Waals surface area contributed by atoms with E-state index in [0.717, 1.165) is 25.2 Å². The predicted molar refractivity (Wildman–Crippen MR) is 64.0 cm³/mol. The summed E-state index contributed by atoms with van der Waals surface area (Å²) in [6.45, 7) is 4.57. The minimum absolute atomic E-state index is 0.0522. The van der Waals surface area contributed by atoms with Crippen molar-refractivity contribution >= 4 is 5.97 Å². The maximum Gasteiger partial charge on any atom is 0.311 e. The number of carbonyl (C=O) groups is 1. The molecule has 2 aliphatic rings. The van der Waals surface area contributed by atoms with Crippen LogP contribution in [-0.2, 0) is 9.53 Å². The Bertz CT molecular complexity index is 272.